The SMILES string of the molecule is COc1cccc2c1O[C@H](c1ccncc1)N1N=C(c3cccs3)C[C@H]21. The molecule has 6 heteroatoms. The largest absolute Gasteiger partial charge is 0.493 e. The normalized spacial score (nSPS) is 20.8. The quantitative estimate of drug-likeness (QED) is 0.692. The molecule has 3 aromatic rings. The molecule has 2 atom stereocenters. The zero-order valence-electron chi connectivity index (χ0n) is 14.2. The van der Waals surface area contributed by atoms with E-state index in [-0.39, 0.29) is 12.3 Å². The molecule has 2 aliphatic heterocycles. The zero-order valence-corrected chi connectivity index (χ0v) is 15.0. The van der Waals surface area contributed by atoms with Crippen molar-refractivity contribution in [2.75, 3.05) is 7.11 Å². The maximum absolute atomic E-state index is 6.39. The second-order valence-electron chi connectivity index (χ2n) is 6.25. The Hall–Kier alpha value is -2.86. The van der Waals surface area contributed by atoms with Crippen molar-refractivity contribution in [1.82, 2.24) is 9.99 Å². The number of aromatic nitrogens is 1. The minimum Gasteiger partial charge on any atom is -0.493 e. The fourth-order valence-electron chi connectivity index (χ4n) is 3.58. The maximum Gasteiger partial charge on any atom is 0.214 e. The Bertz CT molecular complexity index is 956. The van der Waals surface area contributed by atoms with E-state index in [1.54, 1.807) is 30.8 Å². The fraction of sp³-hybridized carbons (Fsp3) is 0.200. The van der Waals surface area contributed by atoms with Crippen LogP contribution in [-0.4, -0.2) is 22.8 Å². The topological polar surface area (TPSA) is 47.0 Å². The van der Waals surface area contributed by atoms with Gasteiger partial charge in [0, 0.05) is 29.9 Å². The van der Waals surface area contributed by atoms with Gasteiger partial charge < -0.3 is 9.47 Å². The molecule has 0 N–H and O–H groups in total. The number of fused-ring (bicyclic) bond motifs is 3. The molecular weight excluding hydrogens is 346 g/mol. The molecule has 5 nitrogen and oxygen atoms in total. The zero-order chi connectivity index (χ0) is 17.5. The number of para-hydroxylation sites is 1. The second kappa shape index (κ2) is 6.14. The predicted molar refractivity (Wildman–Crippen MR) is 101 cm³/mol. The van der Waals surface area contributed by atoms with Crippen molar-refractivity contribution in [2.45, 2.75) is 18.7 Å². The van der Waals surface area contributed by atoms with Gasteiger partial charge in [0.05, 0.1) is 23.7 Å². The first-order valence-electron chi connectivity index (χ1n) is 8.48. The first-order chi connectivity index (χ1) is 12.8. The smallest absolute Gasteiger partial charge is 0.214 e. The predicted octanol–water partition coefficient (Wildman–Crippen LogP) is 4.39. The van der Waals surface area contributed by atoms with Gasteiger partial charge in [-0.2, -0.15) is 5.10 Å². The van der Waals surface area contributed by atoms with E-state index in [9.17, 15) is 0 Å². The van der Waals surface area contributed by atoms with Gasteiger partial charge in [-0.25, -0.2) is 5.01 Å². The van der Waals surface area contributed by atoms with Crippen LogP contribution in [0.3, 0.4) is 0 Å². The van der Waals surface area contributed by atoms with Crippen LogP contribution in [-0.2, 0) is 0 Å². The third-order valence-electron chi connectivity index (χ3n) is 4.80. The van der Waals surface area contributed by atoms with Crippen molar-refractivity contribution in [3.8, 4) is 11.5 Å². The molecule has 1 aromatic carbocycles. The molecule has 0 fully saturated rings. The highest BCUT2D eigenvalue weighted by molar-refractivity contribution is 7.12. The Morgan fingerprint density at radius 3 is 2.81 bits per heavy atom. The van der Waals surface area contributed by atoms with Crippen LogP contribution in [0.15, 0.2) is 65.3 Å². The van der Waals surface area contributed by atoms with Gasteiger partial charge in [0.1, 0.15) is 0 Å². The number of benzene rings is 1. The highest BCUT2D eigenvalue weighted by Crippen LogP contribution is 2.50. The van der Waals surface area contributed by atoms with E-state index in [0.717, 1.165) is 34.8 Å². The molecule has 0 saturated heterocycles. The average molecular weight is 363 g/mol. The van der Waals surface area contributed by atoms with E-state index < -0.39 is 0 Å². The fourth-order valence-corrected chi connectivity index (χ4v) is 4.31. The first-order valence-corrected chi connectivity index (χ1v) is 9.36. The van der Waals surface area contributed by atoms with Crippen molar-refractivity contribution in [3.05, 3.63) is 76.2 Å². The van der Waals surface area contributed by atoms with Crippen LogP contribution >= 0.6 is 11.3 Å². The molecule has 130 valence electrons. The minimum absolute atomic E-state index is 0.129. The van der Waals surface area contributed by atoms with E-state index in [0.29, 0.717) is 0 Å². The highest BCUT2D eigenvalue weighted by atomic mass is 32.1. The summed E-state index contributed by atoms with van der Waals surface area (Å²) in [5, 5.41) is 9.10. The highest BCUT2D eigenvalue weighted by Gasteiger charge is 2.42. The molecule has 0 aliphatic carbocycles. The van der Waals surface area contributed by atoms with Gasteiger partial charge in [-0.05, 0) is 29.6 Å². The van der Waals surface area contributed by atoms with Crippen LogP contribution in [0.1, 0.15) is 34.7 Å². The lowest BCUT2D eigenvalue weighted by Crippen LogP contribution is -2.33. The molecule has 0 unspecified atom stereocenters. The van der Waals surface area contributed by atoms with Crippen molar-refractivity contribution in [1.29, 1.82) is 0 Å². The summed E-state index contributed by atoms with van der Waals surface area (Å²) in [4.78, 5) is 5.33. The van der Waals surface area contributed by atoms with E-state index in [4.69, 9.17) is 14.6 Å². The summed E-state index contributed by atoms with van der Waals surface area (Å²) in [6.45, 7) is 0. The molecule has 26 heavy (non-hydrogen) atoms. The number of hydrazone groups is 1. The number of thiophene rings is 1. The molecular formula is C20H17N3O2S. The number of rotatable bonds is 3. The summed E-state index contributed by atoms with van der Waals surface area (Å²) in [5.41, 5.74) is 3.24. The van der Waals surface area contributed by atoms with Crippen LogP contribution in [0, 0.1) is 0 Å². The van der Waals surface area contributed by atoms with E-state index in [1.807, 2.05) is 24.3 Å². The number of ether oxygens (including phenoxy) is 2. The number of hydrogen-bond acceptors (Lipinski definition) is 6. The molecule has 0 spiro atoms. The van der Waals surface area contributed by atoms with Gasteiger partial charge in [-0.1, -0.05) is 18.2 Å². The summed E-state index contributed by atoms with van der Waals surface area (Å²) in [5.74, 6) is 1.56. The van der Waals surface area contributed by atoms with Crippen molar-refractivity contribution >= 4 is 17.0 Å². The van der Waals surface area contributed by atoms with Crippen molar-refractivity contribution in [2.24, 2.45) is 5.10 Å². The van der Waals surface area contributed by atoms with Gasteiger partial charge in [0.15, 0.2) is 11.5 Å². The van der Waals surface area contributed by atoms with Gasteiger partial charge in [-0.3, -0.25) is 4.98 Å². The molecule has 2 aromatic heterocycles. The minimum atomic E-state index is -0.302. The second-order valence-corrected chi connectivity index (χ2v) is 7.20. The van der Waals surface area contributed by atoms with E-state index in [2.05, 4.69) is 33.6 Å². The lowest BCUT2D eigenvalue weighted by molar-refractivity contribution is -0.0209. The molecule has 0 radical (unpaired) electrons. The third-order valence-corrected chi connectivity index (χ3v) is 5.72. The Labute approximate surface area is 155 Å². The van der Waals surface area contributed by atoms with Crippen molar-refractivity contribution < 1.29 is 9.47 Å². The van der Waals surface area contributed by atoms with Crippen LogP contribution < -0.4 is 9.47 Å². The summed E-state index contributed by atoms with van der Waals surface area (Å²) in [7, 11) is 1.68. The van der Waals surface area contributed by atoms with Crippen LogP contribution in [0.25, 0.3) is 0 Å². The molecule has 5 rings (SSSR count). The van der Waals surface area contributed by atoms with Gasteiger partial charge in [0.2, 0.25) is 6.23 Å². The standard InChI is InChI=1S/C20H17N3O2S/c1-24-17-5-2-4-14-16-12-15(18-6-3-11-26-18)22-23(16)20(25-19(14)17)13-7-9-21-10-8-13/h2-11,16,20H,12H2,1H3/t16-,20-/m1/s1. The monoisotopic (exact) mass is 363 g/mol. The van der Waals surface area contributed by atoms with Crippen molar-refractivity contribution in [3.63, 3.8) is 0 Å². The summed E-state index contributed by atoms with van der Waals surface area (Å²) in [6, 6.07) is 14.3. The lowest BCUT2D eigenvalue weighted by Gasteiger charge is -2.38. The Kier molecular flexibility index (Phi) is 3.64. The summed E-state index contributed by atoms with van der Waals surface area (Å²) >= 11 is 1.72. The van der Waals surface area contributed by atoms with Crippen LogP contribution in [0.2, 0.25) is 0 Å². The number of hydrogen-bond donors (Lipinski definition) is 0. The number of methoxy groups -OCH3 is 1. The van der Waals surface area contributed by atoms with E-state index >= 15 is 0 Å². The molecule has 0 amide bonds. The Morgan fingerprint density at radius 1 is 1.15 bits per heavy atom. The Balaban J connectivity index is 1.64. The molecule has 0 saturated carbocycles. The van der Waals surface area contributed by atoms with Gasteiger partial charge in [0.25, 0.3) is 0 Å². The van der Waals surface area contributed by atoms with E-state index in [1.165, 1.54) is 4.88 Å². The third kappa shape index (κ3) is 2.37. The maximum atomic E-state index is 6.39. The van der Waals surface area contributed by atoms with Gasteiger partial charge >= 0.3 is 0 Å². The summed E-state index contributed by atoms with van der Waals surface area (Å²) < 4.78 is 11.9. The molecule has 0 bridgehead atoms. The lowest BCUT2D eigenvalue weighted by atomic mass is 9.97. The Morgan fingerprint density at radius 2 is 2.04 bits per heavy atom. The first kappa shape index (κ1) is 15.4. The summed E-state index contributed by atoms with van der Waals surface area (Å²) in [6.07, 6.45) is 4.12. The average Bonchev–Trinajstić information content (AvgIpc) is 3.37. The molecule has 4 heterocycles. The van der Waals surface area contributed by atoms with Crippen LogP contribution in [0.5, 0.6) is 11.5 Å². The number of nitrogens with zero attached hydrogens (tertiary/aromatic N) is 3. The van der Waals surface area contributed by atoms with Crippen LogP contribution in [0.4, 0.5) is 0 Å². The number of pyridine rings is 1. The van der Waals surface area contributed by atoms with Gasteiger partial charge in [-0.15, -0.1) is 11.3 Å². The molecule has 2 aliphatic rings.